The number of aryl methyl sites for hydroxylation is 3. The van der Waals surface area contributed by atoms with Crippen molar-refractivity contribution in [2.24, 2.45) is 7.05 Å². The van der Waals surface area contributed by atoms with Crippen LogP contribution in [0.2, 0.25) is 0 Å². The second-order valence-electron chi connectivity index (χ2n) is 6.61. The van der Waals surface area contributed by atoms with E-state index in [2.05, 4.69) is 11.9 Å². The predicted octanol–water partition coefficient (Wildman–Crippen LogP) is 2.82. The third-order valence-electron chi connectivity index (χ3n) is 4.84. The van der Waals surface area contributed by atoms with E-state index in [4.69, 9.17) is 4.74 Å². The molecule has 0 bridgehead atoms. The van der Waals surface area contributed by atoms with Crippen LogP contribution in [0.15, 0.2) is 30.6 Å². The molecule has 3 rings (SSSR count). The van der Waals surface area contributed by atoms with Gasteiger partial charge in [-0.15, -0.1) is 0 Å². The largest absolute Gasteiger partial charge is 0.484 e. The van der Waals surface area contributed by atoms with Crippen LogP contribution in [0.4, 0.5) is 0 Å². The SMILES string of the molecule is Cc1ccc(OCC(=O)N2CCC[C@@H](c3nccn3C)C2)cc1C. The molecule has 1 aliphatic rings. The molecule has 1 fully saturated rings. The molecule has 0 unspecified atom stereocenters. The Kier molecular flexibility index (Phi) is 4.88. The van der Waals surface area contributed by atoms with Crippen LogP contribution < -0.4 is 4.74 Å². The summed E-state index contributed by atoms with van der Waals surface area (Å²) in [5.41, 5.74) is 2.40. The van der Waals surface area contributed by atoms with Crippen LogP contribution >= 0.6 is 0 Å². The maximum Gasteiger partial charge on any atom is 0.260 e. The second kappa shape index (κ2) is 7.07. The summed E-state index contributed by atoms with van der Waals surface area (Å²) in [6.07, 6.45) is 5.86. The van der Waals surface area contributed by atoms with Gasteiger partial charge in [0.05, 0.1) is 0 Å². The van der Waals surface area contributed by atoms with Gasteiger partial charge < -0.3 is 14.2 Å². The van der Waals surface area contributed by atoms with Crippen LogP contribution in [-0.4, -0.2) is 40.1 Å². The fraction of sp³-hybridized carbons (Fsp3) is 0.474. The minimum absolute atomic E-state index is 0.0483. The van der Waals surface area contributed by atoms with E-state index in [0.29, 0.717) is 5.92 Å². The van der Waals surface area contributed by atoms with Crippen molar-refractivity contribution in [2.45, 2.75) is 32.6 Å². The first kappa shape index (κ1) is 16.6. The number of nitrogens with zero attached hydrogens (tertiary/aromatic N) is 3. The molecule has 1 saturated heterocycles. The number of imidazole rings is 1. The zero-order valence-corrected chi connectivity index (χ0v) is 14.7. The maximum absolute atomic E-state index is 12.5. The summed E-state index contributed by atoms with van der Waals surface area (Å²) in [4.78, 5) is 18.8. The van der Waals surface area contributed by atoms with Crippen LogP contribution in [0.3, 0.4) is 0 Å². The molecular weight excluding hydrogens is 302 g/mol. The summed E-state index contributed by atoms with van der Waals surface area (Å²) in [6.45, 7) is 5.73. The summed E-state index contributed by atoms with van der Waals surface area (Å²) in [6, 6.07) is 5.92. The minimum Gasteiger partial charge on any atom is -0.484 e. The summed E-state index contributed by atoms with van der Waals surface area (Å²) >= 11 is 0. The van der Waals surface area contributed by atoms with Gasteiger partial charge in [-0.25, -0.2) is 4.98 Å². The number of carbonyl (C=O) groups is 1. The Hall–Kier alpha value is -2.30. The number of carbonyl (C=O) groups excluding carboxylic acids is 1. The Morgan fingerprint density at radius 2 is 2.17 bits per heavy atom. The first-order valence-corrected chi connectivity index (χ1v) is 8.49. The number of benzene rings is 1. The molecule has 1 atom stereocenters. The molecule has 24 heavy (non-hydrogen) atoms. The van der Waals surface area contributed by atoms with E-state index in [-0.39, 0.29) is 12.5 Å². The highest BCUT2D eigenvalue weighted by molar-refractivity contribution is 5.78. The van der Waals surface area contributed by atoms with E-state index in [0.717, 1.165) is 37.5 Å². The van der Waals surface area contributed by atoms with E-state index in [1.54, 1.807) is 0 Å². The normalized spacial score (nSPS) is 17.8. The van der Waals surface area contributed by atoms with Gasteiger partial charge in [0.2, 0.25) is 0 Å². The van der Waals surface area contributed by atoms with E-state index < -0.39 is 0 Å². The topological polar surface area (TPSA) is 47.4 Å². The molecule has 2 aromatic rings. The maximum atomic E-state index is 12.5. The van der Waals surface area contributed by atoms with Crippen LogP contribution in [0.1, 0.15) is 35.7 Å². The van der Waals surface area contributed by atoms with E-state index >= 15 is 0 Å². The number of amides is 1. The highest BCUT2D eigenvalue weighted by Crippen LogP contribution is 2.25. The molecule has 0 spiro atoms. The highest BCUT2D eigenvalue weighted by atomic mass is 16.5. The molecule has 5 heteroatoms. The van der Waals surface area contributed by atoms with Crippen molar-refractivity contribution >= 4 is 5.91 Å². The summed E-state index contributed by atoms with van der Waals surface area (Å²) < 4.78 is 7.74. The van der Waals surface area contributed by atoms with Gasteiger partial charge in [-0.3, -0.25) is 4.79 Å². The lowest BCUT2D eigenvalue weighted by Gasteiger charge is -2.32. The van der Waals surface area contributed by atoms with Crippen molar-refractivity contribution in [3.63, 3.8) is 0 Å². The molecule has 5 nitrogen and oxygen atoms in total. The van der Waals surface area contributed by atoms with Crippen LogP contribution in [0, 0.1) is 13.8 Å². The predicted molar refractivity (Wildman–Crippen MR) is 93.2 cm³/mol. The van der Waals surface area contributed by atoms with E-state index in [9.17, 15) is 4.79 Å². The molecule has 1 aromatic carbocycles. The number of piperidine rings is 1. The third kappa shape index (κ3) is 3.61. The van der Waals surface area contributed by atoms with Gasteiger partial charge in [0.25, 0.3) is 5.91 Å². The molecule has 128 valence electrons. The first-order valence-electron chi connectivity index (χ1n) is 8.49. The highest BCUT2D eigenvalue weighted by Gasteiger charge is 2.27. The van der Waals surface area contributed by atoms with Gasteiger partial charge in [-0.1, -0.05) is 6.07 Å². The van der Waals surface area contributed by atoms with Crippen molar-refractivity contribution < 1.29 is 9.53 Å². The van der Waals surface area contributed by atoms with E-state index in [1.165, 1.54) is 11.1 Å². The second-order valence-corrected chi connectivity index (χ2v) is 6.61. The average molecular weight is 327 g/mol. The van der Waals surface area contributed by atoms with Gasteiger partial charge in [0.15, 0.2) is 6.61 Å². The van der Waals surface area contributed by atoms with Crippen molar-refractivity contribution in [3.05, 3.63) is 47.5 Å². The number of hydrogen-bond donors (Lipinski definition) is 0. The quantitative estimate of drug-likeness (QED) is 0.867. The average Bonchev–Trinajstić information content (AvgIpc) is 3.02. The molecule has 1 aromatic heterocycles. The summed E-state index contributed by atoms with van der Waals surface area (Å²) in [5, 5.41) is 0. The minimum atomic E-state index is 0.0483. The number of aromatic nitrogens is 2. The summed E-state index contributed by atoms with van der Waals surface area (Å²) in [5.74, 6) is 2.17. The lowest BCUT2D eigenvalue weighted by atomic mass is 9.97. The Morgan fingerprint density at radius 3 is 2.88 bits per heavy atom. The van der Waals surface area contributed by atoms with Crippen molar-refractivity contribution in [1.29, 1.82) is 0 Å². The molecule has 0 radical (unpaired) electrons. The molecule has 1 amide bonds. The van der Waals surface area contributed by atoms with Crippen LogP contribution in [-0.2, 0) is 11.8 Å². The third-order valence-corrected chi connectivity index (χ3v) is 4.84. The van der Waals surface area contributed by atoms with E-state index in [1.807, 2.05) is 54.0 Å². The number of hydrogen-bond acceptors (Lipinski definition) is 3. The van der Waals surface area contributed by atoms with Crippen molar-refractivity contribution in [2.75, 3.05) is 19.7 Å². The smallest absolute Gasteiger partial charge is 0.260 e. The fourth-order valence-electron chi connectivity index (χ4n) is 3.22. The molecule has 0 N–H and O–H groups in total. The number of likely N-dealkylation sites (tertiary alicyclic amines) is 1. The number of rotatable bonds is 4. The Morgan fingerprint density at radius 1 is 1.33 bits per heavy atom. The molecule has 2 heterocycles. The molecule has 0 aliphatic carbocycles. The molecular formula is C19H25N3O2. The zero-order chi connectivity index (χ0) is 17.1. The summed E-state index contributed by atoms with van der Waals surface area (Å²) in [7, 11) is 2.01. The van der Waals surface area contributed by atoms with Gasteiger partial charge >= 0.3 is 0 Å². The van der Waals surface area contributed by atoms with Gasteiger partial charge in [-0.2, -0.15) is 0 Å². The van der Waals surface area contributed by atoms with Crippen LogP contribution in [0.5, 0.6) is 5.75 Å². The standard InChI is InChI=1S/C19H25N3O2/c1-14-6-7-17(11-15(14)2)24-13-18(23)22-9-4-5-16(12-22)19-20-8-10-21(19)3/h6-8,10-11,16H,4-5,9,12-13H2,1-3H3/t16-/m1/s1. The van der Waals surface area contributed by atoms with Gasteiger partial charge in [0.1, 0.15) is 11.6 Å². The Labute approximate surface area is 143 Å². The Balaban J connectivity index is 1.58. The lowest BCUT2D eigenvalue weighted by molar-refractivity contribution is -0.134. The molecule has 0 saturated carbocycles. The molecule has 1 aliphatic heterocycles. The number of ether oxygens (including phenoxy) is 1. The van der Waals surface area contributed by atoms with Gasteiger partial charge in [0, 0.05) is 38.4 Å². The van der Waals surface area contributed by atoms with Crippen molar-refractivity contribution in [3.8, 4) is 5.75 Å². The van der Waals surface area contributed by atoms with Crippen LogP contribution in [0.25, 0.3) is 0 Å². The zero-order valence-electron chi connectivity index (χ0n) is 14.7. The first-order chi connectivity index (χ1) is 11.5. The van der Waals surface area contributed by atoms with Gasteiger partial charge in [-0.05, 0) is 49.9 Å². The lowest BCUT2D eigenvalue weighted by Crippen LogP contribution is -2.42. The monoisotopic (exact) mass is 327 g/mol. The van der Waals surface area contributed by atoms with Crippen molar-refractivity contribution in [1.82, 2.24) is 14.5 Å². The fourth-order valence-corrected chi connectivity index (χ4v) is 3.22. The Bertz CT molecular complexity index is 723.